The zero-order valence-corrected chi connectivity index (χ0v) is 8.37. The van der Waals surface area contributed by atoms with Crippen molar-refractivity contribution in [1.82, 2.24) is 15.0 Å². The minimum absolute atomic E-state index is 0.230. The van der Waals surface area contributed by atoms with E-state index in [-0.39, 0.29) is 6.61 Å². The Labute approximate surface area is 88.2 Å². The summed E-state index contributed by atoms with van der Waals surface area (Å²) >= 11 is 0. The third-order valence-corrected chi connectivity index (χ3v) is 2.22. The molecule has 0 saturated carbocycles. The van der Waals surface area contributed by atoms with Crippen molar-refractivity contribution in [3.8, 4) is 5.69 Å². The standard InChI is InChI=1S/C11H13N3O/c15-8-2-4-10-3-1-5-11(9-10)14-7-6-12-13-14/h1,3,5-7,9,15H,2,4,8H2. The molecule has 0 radical (unpaired) electrons. The van der Waals surface area contributed by atoms with Crippen LogP contribution in [0.2, 0.25) is 0 Å². The highest BCUT2D eigenvalue weighted by molar-refractivity contribution is 5.34. The molecule has 0 atom stereocenters. The zero-order chi connectivity index (χ0) is 10.5. The Kier molecular flexibility index (Phi) is 3.09. The average molecular weight is 203 g/mol. The first-order valence-corrected chi connectivity index (χ1v) is 4.96. The lowest BCUT2D eigenvalue weighted by molar-refractivity contribution is 0.288. The van der Waals surface area contributed by atoms with E-state index in [4.69, 9.17) is 5.11 Å². The summed E-state index contributed by atoms with van der Waals surface area (Å²) < 4.78 is 1.72. The van der Waals surface area contributed by atoms with E-state index < -0.39 is 0 Å². The van der Waals surface area contributed by atoms with Crippen molar-refractivity contribution in [3.63, 3.8) is 0 Å². The minimum atomic E-state index is 0.230. The van der Waals surface area contributed by atoms with Crippen LogP contribution in [-0.2, 0) is 6.42 Å². The molecule has 4 heteroatoms. The maximum Gasteiger partial charge on any atom is 0.0697 e. The van der Waals surface area contributed by atoms with E-state index in [0.29, 0.717) is 0 Å². The quantitative estimate of drug-likeness (QED) is 0.812. The largest absolute Gasteiger partial charge is 0.396 e. The van der Waals surface area contributed by atoms with Crippen LogP contribution < -0.4 is 0 Å². The van der Waals surface area contributed by atoms with E-state index >= 15 is 0 Å². The van der Waals surface area contributed by atoms with E-state index in [9.17, 15) is 0 Å². The minimum Gasteiger partial charge on any atom is -0.396 e. The lowest BCUT2D eigenvalue weighted by atomic mass is 10.1. The lowest BCUT2D eigenvalue weighted by Gasteiger charge is -2.03. The van der Waals surface area contributed by atoms with Crippen molar-refractivity contribution >= 4 is 0 Å². The van der Waals surface area contributed by atoms with Crippen LogP contribution in [0.1, 0.15) is 12.0 Å². The highest BCUT2D eigenvalue weighted by Crippen LogP contribution is 2.10. The lowest BCUT2D eigenvalue weighted by Crippen LogP contribution is -1.97. The predicted octanol–water partition coefficient (Wildman–Crippen LogP) is 1.19. The van der Waals surface area contributed by atoms with Gasteiger partial charge in [0.25, 0.3) is 0 Å². The van der Waals surface area contributed by atoms with Gasteiger partial charge in [-0.25, -0.2) is 4.68 Å². The summed E-state index contributed by atoms with van der Waals surface area (Å²) in [6, 6.07) is 8.08. The molecule has 0 aliphatic rings. The van der Waals surface area contributed by atoms with Crippen molar-refractivity contribution in [3.05, 3.63) is 42.2 Å². The first-order chi connectivity index (χ1) is 7.40. The normalized spacial score (nSPS) is 10.5. The van der Waals surface area contributed by atoms with E-state index in [1.54, 1.807) is 10.9 Å². The first-order valence-electron chi connectivity index (χ1n) is 4.96. The Hall–Kier alpha value is -1.68. The van der Waals surface area contributed by atoms with E-state index in [1.165, 1.54) is 5.56 Å². The van der Waals surface area contributed by atoms with E-state index in [0.717, 1.165) is 18.5 Å². The second-order valence-corrected chi connectivity index (χ2v) is 3.34. The second-order valence-electron chi connectivity index (χ2n) is 3.34. The molecule has 2 aromatic rings. The maximum atomic E-state index is 8.75. The van der Waals surface area contributed by atoms with Crippen LogP contribution in [0.25, 0.3) is 5.69 Å². The molecule has 0 spiro atoms. The molecular formula is C11H13N3O. The van der Waals surface area contributed by atoms with Crippen molar-refractivity contribution in [2.75, 3.05) is 6.61 Å². The number of rotatable bonds is 4. The van der Waals surface area contributed by atoms with Crippen molar-refractivity contribution in [2.24, 2.45) is 0 Å². The Morgan fingerprint density at radius 1 is 1.33 bits per heavy atom. The number of aliphatic hydroxyl groups excluding tert-OH is 1. The Balaban J connectivity index is 2.19. The van der Waals surface area contributed by atoms with Crippen LogP contribution in [-0.4, -0.2) is 26.7 Å². The molecule has 0 amide bonds. The Morgan fingerprint density at radius 2 is 2.27 bits per heavy atom. The molecular weight excluding hydrogens is 190 g/mol. The van der Waals surface area contributed by atoms with Gasteiger partial charge in [-0.3, -0.25) is 0 Å². The van der Waals surface area contributed by atoms with Gasteiger partial charge in [0.2, 0.25) is 0 Å². The van der Waals surface area contributed by atoms with Crippen molar-refractivity contribution in [2.45, 2.75) is 12.8 Å². The van der Waals surface area contributed by atoms with E-state index in [2.05, 4.69) is 22.4 Å². The predicted molar refractivity (Wildman–Crippen MR) is 56.8 cm³/mol. The molecule has 0 aliphatic heterocycles. The van der Waals surface area contributed by atoms with Crippen LogP contribution in [0.15, 0.2) is 36.7 Å². The second kappa shape index (κ2) is 4.70. The molecule has 4 nitrogen and oxygen atoms in total. The van der Waals surface area contributed by atoms with Gasteiger partial charge in [0.1, 0.15) is 0 Å². The highest BCUT2D eigenvalue weighted by Gasteiger charge is 1.98. The zero-order valence-electron chi connectivity index (χ0n) is 8.37. The number of hydrogen-bond donors (Lipinski definition) is 1. The van der Waals surface area contributed by atoms with Crippen LogP contribution >= 0.6 is 0 Å². The summed E-state index contributed by atoms with van der Waals surface area (Å²) in [6.45, 7) is 0.230. The number of hydrogen-bond acceptors (Lipinski definition) is 3. The summed E-state index contributed by atoms with van der Waals surface area (Å²) in [5.41, 5.74) is 2.21. The topological polar surface area (TPSA) is 50.9 Å². The molecule has 0 bridgehead atoms. The molecule has 78 valence electrons. The van der Waals surface area contributed by atoms with Crippen LogP contribution in [0, 0.1) is 0 Å². The van der Waals surface area contributed by atoms with Crippen LogP contribution in [0.5, 0.6) is 0 Å². The number of aryl methyl sites for hydroxylation is 1. The molecule has 2 rings (SSSR count). The smallest absolute Gasteiger partial charge is 0.0697 e. The summed E-state index contributed by atoms with van der Waals surface area (Å²) in [4.78, 5) is 0. The molecule has 0 aliphatic carbocycles. The van der Waals surface area contributed by atoms with Crippen LogP contribution in [0.3, 0.4) is 0 Å². The monoisotopic (exact) mass is 203 g/mol. The van der Waals surface area contributed by atoms with Gasteiger partial charge in [0.15, 0.2) is 0 Å². The fourth-order valence-electron chi connectivity index (χ4n) is 1.48. The number of nitrogens with zero attached hydrogens (tertiary/aromatic N) is 3. The molecule has 0 fully saturated rings. The average Bonchev–Trinajstić information content (AvgIpc) is 2.80. The van der Waals surface area contributed by atoms with Gasteiger partial charge in [-0.1, -0.05) is 17.3 Å². The van der Waals surface area contributed by atoms with Crippen molar-refractivity contribution < 1.29 is 5.11 Å². The van der Waals surface area contributed by atoms with Gasteiger partial charge in [0, 0.05) is 6.61 Å². The first kappa shape index (κ1) is 9.86. The Bertz CT molecular complexity index is 412. The fourth-order valence-corrected chi connectivity index (χ4v) is 1.48. The summed E-state index contributed by atoms with van der Waals surface area (Å²) in [5, 5.41) is 16.4. The molecule has 1 aromatic carbocycles. The van der Waals surface area contributed by atoms with Gasteiger partial charge in [-0.2, -0.15) is 0 Å². The molecule has 1 N–H and O–H groups in total. The third kappa shape index (κ3) is 2.41. The van der Waals surface area contributed by atoms with E-state index in [1.807, 2.05) is 18.3 Å². The van der Waals surface area contributed by atoms with Crippen LogP contribution in [0.4, 0.5) is 0 Å². The van der Waals surface area contributed by atoms with Gasteiger partial charge < -0.3 is 5.11 Å². The number of benzene rings is 1. The molecule has 0 unspecified atom stereocenters. The fraction of sp³-hybridized carbons (Fsp3) is 0.273. The maximum absolute atomic E-state index is 8.75. The molecule has 15 heavy (non-hydrogen) atoms. The Morgan fingerprint density at radius 3 is 3.00 bits per heavy atom. The van der Waals surface area contributed by atoms with Crippen molar-refractivity contribution in [1.29, 1.82) is 0 Å². The highest BCUT2D eigenvalue weighted by atomic mass is 16.2. The summed E-state index contributed by atoms with van der Waals surface area (Å²) in [5.74, 6) is 0. The van der Waals surface area contributed by atoms with Gasteiger partial charge in [-0.05, 0) is 30.5 Å². The van der Waals surface area contributed by atoms with Gasteiger partial charge in [-0.15, -0.1) is 5.10 Å². The molecule has 1 aromatic heterocycles. The number of aromatic nitrogens is 3. The molecule has 1 heterocycles. The summed E-state index contributed by atoms with van der Waals surface area (Å²) in [6.07, 6.45) is 5.14. The third-order valence-electron chi connectivity index (χ3n) is 2.22. The summed E-state index contributed by atoms with van der Waals surface area (Å²) in [7, 11) is 0. The number of aliphatic hydroxyl groups is 1. The van der Waals surface area contributed by atoms with Gasteiger partial charge >= 0.3 is 0 Å². The molecule has 0 saturated heterocycles. The SMILES string of the molecule is OCCCc1cccc(-n2ccnn2)c1. The van der Waals surface area contributed by atoms with Gasteiger partial charge in [0.05, 0.1) is 18.1 Å².